The highest BCUT2D eigenvalue weighted by Gasteiger charge is 2.40. The van der Waals surface area contributed by atoms with E-state index >= 15 is 0 Å². The van der Waals surface area contributed by atoms with E-state index in [1.807, 2.05) is 4.90 Å². The summed E-state index contributed by atoms with van der Waals surface area (Å²) in [7, 11) is 0. The van der Waals surface area contributed by atoms with Gasteiger partial charge in [0.15, 0.2) is 0 Å². The highest BCUT2D eigenvalue weighted by molar-refractivity contribution is 8.15. The molecule has 17 heavy (non-hydrogen) atoms. The highest BCUT2D eigenvalue weighted by Crippen LogP contribution is 2.27. The molecular weight excluding hydrogens is 240 g/mol. The van der Waals surface area contributed by atoms with E-state index in [9.17, 15) is 14.4 Å². The zero-order chi connectivity index (χ0) is 12.4. The summed E-state index contributed by atoms with van der Waals surface area (Å²) in [6.45, 7) is 3.28. The summed E-state index contributed by atoms with van der Waals surface area (Å²) in [5, 5.41) is 1.31. The van der Waals surface area contributed by atoms with E-state index < -0.39 is 11.2 Å². The Morgan fingerprint density at radius 1 is 1.35 bits per heavy atom. The summed E-state index contributed by atoms with van der Waals surface area (Å²) in [5.74, 6) is -0.769. The van der Waals surface area contributed by atoms with Crippen LogP contribution in [0.5, 0.6) is 0 Å². The van der Waals surface area contributed by atoms with Crippen molar-refractivity contribution in [2.45, 2.75) is 31.4 Å². The maximum atomic E-state index is 12.2. The number of nitrogens with zero attached hydrogens (tertiary/aromatic N) is 1. The van der Waals surface area contributed by atoms with Crippen LogP contribution in [0.2, 0.25) is 0 Å². The summed E-state index contributed by atoms with van der Waals surface area (Å²) >= 11 is 0.927. The average molecular weight is 256 g/mol. The summed E-state index contributed by atoms with van der Waals surface area (Å²) in [5.41, 5.74) is 0. The standard InChI is InChI=1S/C11H16N2O3S/c1-7(8-9(14)12-11(16)17-8)10(15)13-5-3-2-4-6-13/h7-8H,2-6H2,1H3,(H,12,14,16). The Hall–Kier alpha value is -1.04. The van der Waals surface area contributed by atoms with E-state index in [2.05, 4.69) is 5.32 Å². The number of thioether (sulfide) groups is 1. The molecule has 0 radical (unpaired) electrons. The van der Waals surface area contributed by atoms with Gasteiger partial charge in [0.1, 0.15) is 5.25 Å². The molecule has 6 heteroatoms. The van der Waals surface area contributed by atoms with Gasteiger partial charge in [-0.15, -0.1) is 0 Å². The van der Waals surface area contributed by atoms with Crippen molar-refractivity contribution in [2.24, 2.45) is 5.92 Å². The van der Waals surface area contributed by atoms with Gasteiger partial charge in [-0.3, -0.25) is 19.7 Å². The molecule has 1 N–H and O–H groups in total. The minimum absolute atomic E-state index is 0.00736. The van der Waals surface area contributed by atoms with Gasteiger partial charge in [-0.25, -0.2) is 0 Å². The van der Waals surface area contributed by atoms with Gasteiger partial charge in [0.05, 0.1) is 5.92 Å². The quantitative estimate of drug-likeness (QED) is 0.800. The maximum absolute atomic E-state index is 12.2. The van der Waals surface area contributed by atoms with E-state index in [1.54, 1.807) is 6.92 Å². The highest BCUT2D eigenvalue weighted by atomic mass is 32.2. The number of amides is 3. The van der Waals surface area contributed by atoms with E-state index in [0.717, 1.165) is 44.1 Å². The number of imide groups is 1. The van der Waals surface area contributed by atoms with Gasteiger partial charge in [-0.2, -0.15) is 0 Å². The molecule has 2 fully saturated rings. The number of piperidine rings is 1. The Labute approximate surface area is 104 Å². The molecular formula is C11H16N2O3S. The fraction of sp³-hybridized carbons (Fsp3) is 0.727. The Bertz CT molecular complexity index is 353. The van der Waals surface area contributed by atoms with Crippen LogP contribution in [-0.2, 0) is 9.59 Å². The first kappa shape index (κ1) is 12.4. The van der Waals surface area contributed by atoms with Crippen molar-refractivity contribution in [2.75, 3.05) is 13.1 Å². The van der Waals surface area contributed by atoms with Crippen molar-refractivity contribution in [3.05, 3.63) is 0 Å². The third kappa shape index (κ3) is 2.62. The van der Waals surface area contributed by atoms with Crippen LogP contribution in [0.1, 0.15) is 26.2 Å². The summed E-state index contributed by atoms with van der Waals surface area (Å²) in [4.78, 5) is 36.5. The Morgan fingerprint density at radius 3 is 2.53 bits per heavy atom. The lowest BCUT2D eigenvalue weighted by Gasteiger charge is -2.30. The van der Waals surface area contributed by atoms with Crippen LogP contribution in [0.15, 0.2) is 0 Å². The SMILES string of the molecule is CC(C(=O)N1CCCCC1)C1SC(=O)NC1=O. The van der Waals surface area contributed by atoms with Gasteiger partial charge in [0.2, 0.25) is 11.8 Å². The normalized spacial score (nSPS) is 26.9. The van der Waals surface area contributed by atoms with E-state index in [1.165, 1.54) is 0 Å². The fourth-order valence-electron chi connectivity index (χ4n) is 2.23. The molecule has 3 amide bonds. The second kappa shape index (κ2) is 5.08. The maximum Gasteiger partial charge on any atom is 0.286 e. The second-order valence-electron chi connectivity index (χ2n) is 4.49. The molecule has 0 spiro atoms. The fourth-order valence-corrected chi connectivity index (χ4v) is 3.11. The molecule has 2 aliphatic rings. The number of carbonyl (C=O) groups is 3. The van der Waals surface area contributed by atoms with Crippen LogP contribution in [0, 0.1) is 5.92 Å². The van der Waals surface area contributed by atoms with Crippen LogP contribution in [0.4, 0.5) is 4.79 Å². The van der Waals surface area contributed by atoms with Gasteiger partial charge in [-0.05, 0) is 19.3 Å². The van der Waals surface area contributed by atoms with Gasteiger partial charge in [-0.1, -0.05) is 18.7 Å². The predicted octanol–water partition coefficient (Wildman–Crippen LogP) is 0.987. The molecule has 0 aliphatic carbocycles. The number of hydrogen-bond donors (Lipinski definition) is 1. The molecule has 2 unspecified atom stereocenters. The van der Waals surface area contributed by atoms with Crippen LogP contribution in [0.3, 0.4) is 0 Å². The number of carbonyl (C=O) groups excluding carboxylic acids is 3. The molecule has 2 aliphatic heterocycles. The van der Waals surface area contributed by atoms with Crippen molar-refractivity contribution < 1.29 is 14.4 Å². The van der Waals surface area contributed by atoms with Crippen molar-refractivity contribution >= 4 is 28.8 Å². The number of hydrogen-bond acceptors (Lipinski definition) is 4. The predicted molar refractivity (Wildman–Crippen MR) is 64.5 cm³/mol. The first-order chi connectivity index (χ1) is 8.09. The molecule has 2 atom stereocenters. The molecule has 5 nitrogen and oxygen atoms in total. The van der Waals surface area contributed by atoms with Gasteiger partial charge >= 0.3 is 0 Å². The Morgan fingerprint density at radius 2 is 2.00 bits per heavy atom. The first-order valence-corrected chi connectivity index (χ1v) is 6.78. The van der Waals surface area contributed by atoms with Crippen LogP contribution >= 0.6 is 11.8 Å². The van der Waals surface area contributed by atoms with Crippen LogP contribution in [0.25, 0.3) is 0 Å². The molecule has 2 rings (SSSR count). The largest absolute Gasteiger partial charge is 0.342 e. The Kier molecular flexibility index (Phi) is 3.71. The van der Waals surface area contributed by atoms with Gasteiger partial charge < -0.3 is 4.90 Å². The second-order valence-corrected chi connectivity index (χ2v) is 5.60. The molecule has 0 aromatic rings. The zero-order valence-electron chi connectivity index (χ0n) is 9.77. The summed E-state index contributed by atoms with van der Waals surface area (Å²) in [6, 6.07) is 0. The van der Waals surface area contributed by atoms with Crippen molar-refractivity contribution in [3.63, 3.8) is 0 Å². The van der Waals surface area contributed by atoms with Gasteiger partial charge in [0.25, 0.3) is 5.24 Å². The molecule has 2 heterocycles. The zero-order valence-corrected chi connectivity index (χ0v) is 10.6. The number of likely N-dealkylation sites (tertiary alicyclic amines) is 1. The molecule has 0 aromatic heterocycles. The third-order valence-corrected chi connectivity index (χ3v) is 4.42. The van der Waals surface area contributed by atoms with E-state index in [0.29, 0.717) is 0 Å². The number of rotatable bonds is 2. The van der Waals surface area contributed by atoms with Crippen molar-refractivity contribution in [1.29, 1.82) is 0 Å². The summed E-state index contributed by atoms with van der Waals surface area (Å²) in [6.07, 6.45) is 3.22. The van der Waals surface area contributed by atoms with Crippen molar-refractivity contribution in [3.8, 4) is 0 Å². The third-order valence-electron chi connectivity index (χ3n) is 3.23. The Balaban J connectivity index is 1.98. The van der Waals surface area contributed by atoms with E-state index in [4.69, 9.17) is 0 Å². The lowest BCUT2D eigenvalue weighted by atomic mass is 10.0. The number of nitrogens with one attached hydrogen (secondary N) is 1. The van der Waals surface area contributed by atoms with E-state index in [-0.39, 0.29) is 17.1 Å². The monoisotopic (exact) mass is 256 g/mol. The molecule has 2 saturated heterocycles. The lowest BCUT2D eigenvalue weighted by molar-refractivity contribution is -0.137. The first-order valence-electron chi connectivity index (χ1n) is 5.90. The average Bonchev–Trinajstić information content (AvgIpc) is 2.68. The van der Waals surface area contributed by atoms with Crippen LogP contribution in [-0.4, -0.2) is 40.3 Å². The molecule has 0 saturated carbocycles. The molecule has 94 valence electrons. The minimum atomic E-state index is -0.558. The topological polar surface area (TPSA) is 66.5 Å². The van der Waals surface area contributed by atoms with Crippen LogP contribution < -0.4 is 5.32 Å². The summed E-state index contributed by atoms with van der Waals surface area (Å²) < 4.78 is 0. The smallest absolute Gasteiger partial charge is 0.286 e. The molecule has 0 aromatic carbocycles. The minimum Gasteiger partial charge on any atom is -0.342 e. The van der Waals surface area contributed by atoms with Gasteiger partial charge in [0, 0.05) is 13.1 Å². The van der Waals surface area contributed by atoms with Crippen molar-refractivity contribution in [1.82, 2.24) is 10.2 Å². The lowest BCUT2D eigenvalue weighted by Crippen LogP contribution is -2.43. The molecule has 0 bridgehead atoms.